The summed E-state index contributed by atoms with van der Waals surface area (Å²) in [4.78, 5) is 26.3. The molecule has 1 unspecified atom stereocenters. The molecule has 0 aliphatic carbocycles. The van der Waals surface area contributed by atoms with Crippen molar-refractivity contribution in [2.24, 2.45) is 0 Å². The van der Waals surface area contributed by atoms with Crippen LogP contribution in [0.25, 0.3) is 0 Å². The molecule has 2 amide bonds. The van der Waals surface area contributed by atoms with Crippen molar-refractivity contribution in [2.75, 3.05) is 13.1 Å². The van der Waals surface area contributed by atoms with Crippen molar-refractivity contribution in [3.05, 3.63) is 20.8 Å². The summed E-state index contributed by atoms with van der Waals surface area (Å²) in [5, 5.41) is 2.79. The summed E-state index contributed by atoms with van der Waals surface area (Å²) in [6.45, 7) is 3.03. The maximum absolute atomic E-state index is 12.3. The average molecular weight is 317 g/mol. The van der Waals surface area contributed by atoms with Crippen LogP contribution in [-0.2, 0) is 4.79 Å². The number of nitrogens with one attached hydrogen (secondary N) is 1. The Morgan fingerprint density at radius 1 is 1.65 bits per heavy atom. The summed E-state index contributed by atoms with van der Waals surface area (Å²) in [7, 11) is 0. The molecule has 1 N–H and O–H groups in total. The second-order valence-electron chi connectivity index (χ2n) is 3.82. The molecule has 4 nitrogen and oxygen atoms in total. The molecule has 0 saturated carbocycles. The summed E-state index contributed by atoms with van der Waals surface area (Å²) in [5.41, 5.74) is 0. The van der Waals surface area contributed by atoms with Crippen molar-refractivity contribution >= 4 is 39.1 Å². The number of halogens is 1. The fourth-order valence-electron chi connectivity index (χ4n) is 1.93. The van der Waals surface area contributed by atoms with E-state index in [1.54, 1.807) is 11.0 Å². The van der Waals surface area contributed by atoms with Crippen LogP contribution < -0.4 is 5.32 Å². The van der Waals surface area contributed by atoms with Crippen LogP contribution in [0.1, 0.15) is 23.0 Å². The molecule has 1 fully saturated rings. The summed E-state index contributed by atoms with van der Waals surface area (Å²) >= 11 is 4.73. The SMILES string of the molecule is CCC1C(=O)NCCN1C(=O)c1ccc(Br)s1. The smallest absolute Gasteiger partial charge is 0.264 e. The van der Waals surface area contributed by atoms with Gasteiger partial charge in [-0.1, -0.05) is 6.92 Å². The Labute approximate surface area is 112 Å². The zero-order chi connectivity index (χ0) is 12.4. The number of carbonyl (C=O) groups is 2. The lowest BCUT2D eigenvalue weighted by Gasteiger charge is -2.34. The summed E-state index contributed by atoms with van der Waals surface area (Å²) in [6.07, 6.45) is 0.643. The van der Waals surface area contributed by atoms with Crippen molar-refractivity contribution in [2.45, 2.75) is 19.4 Å². The van der Waals surface area contributed by atoms with E-state index in [1.165, 1.54) is 11.3 Å². The third-order valence-electron chi connectivity index (χ3n) is 2.76. The van der Waals surface area contributed by atoms with Crippen LogP contribution in [0.2, 0.25) is 0 Å². The highest BCUT2D eigenvalue weighted by Gasteiger charge is 2.32. The first kappa shape index (κ1) is 12.6. The Hall–Kier alpha value is -0.880. The van der Waals surface area contributed by atoms with Gasteiger partial charge in [-0.2, -0.15) is 0 Å². The number of hydrogen-bond acceptors (Lipinski definition) is 3. The molecule has 2 heterocycles. The highest BCUT2D eigenvalue weighted by atomic mass is 79.9. The molecular formula is C11H13BrN2O2S. The predicted molar refractivity (Wildman–Crippen MR) is 70.1 cm³/mol. The van der Waals surface area contributed by atoms with Gasteiger partial charge in [-0.25, -0.2) is 0 Å². The molecule has 6 heteroatoms. The van der Waals surface area contributed by atoms with Gasteiger partial charge in [0.25, 0.3) is 5.91 Å². The van der Waals surface area contributed by atoms with Crippen molar-refractivity contribution in [3.63, 3.8) is 0 Å². The third-order valence-corrected chi connectivity index (χ3v) is 4.37. The van der Waals surface area contributed by atoms with Crippen LogP contribution in [0.5, 0.6) is 0 Å². The van der Waals surface area contributed by atoms with Gasteiger partial charge in [0.05, 0.1) is 8.66 Å². The Bertz CT molecular complexity index is 446. The first-order valence-electron chi connectivity index (χ1n) is 5.47. The largest absolute Gasteiger partial charge is 0.353 e. The zero-order valence-electron chi connectivity index (χ0n) is 9.40. The van der Waals surface area contributed by atoms with E-state index in [9.17, 15) is 9.59 Å². The average Bonchev–Trinajstić information content (AvgIpc) is 2.74. The Morgan fingerprint density at radius 3 is 3.00 bits per heavy atom. The number of rotatable bonds is 2. The number of amides is 2. The van der Waals surface area contributed by atoms with Crippen molar-refractivity contribution in [1.29, 1.82) is 0 Å². The molecule has 0 radical (unpaired) electrons. The Kier molecular flexibility index (Phi) is 3.83. The van der Waals surface area contributed by atoms with Gasteiger partial charge in [-0.05, 0) is 34.5 Å². The molecule has 0 bridgehead atoms. The van der Waals surface area contributed by atoms with Crippen molar-refractivity contribution < 1.29 is 9.59 Å². The standard InChI is InChI=1S/C11H13BrN2O2S/c1-2-7-10(15)13-5-6-14(7)11(16)8-3-4-9(12)17-8/h3-4,7H,2,5-6H2,1H3,(H,13,15). The second-order valence-corrected chi connectivity index (χ2v) is 6.28. The van der Waals surface area contributed by atoms with Crippen molar-refractivity contribution in [3.8, 4) is 0 Å². The van der Waals surface area contributed by atoms with Gasteiger partial charge in [0.1, 0.15) is 6.04 Å². The molecule has 1 saturated heterocycles. The normalized spacial score (nSPS) is 20.2. The van der Waals surface area contributed by atoms with E-state index in [2.05, 4.69) is 21.2 Å². The molecular weight excluding hydrogens is 304 g/mol. The maximum atomic E-state index is 12.3. The summed E-state index contributed by atoms with van der Waals surface area (Å²) in [5.74, 6) is -0.106. The van der Waals surface area contributed by atoms with Crippen LogP contribution in [0.3, 0.4) is 0 Å². The highest BCUT2D eigenvalue weighted by Crippen LogP contribution is 2.24. The van der Waals surface area contributed by atoms with Gasteiger partial charge in [-0.3, -0.25) is 9.59 Å². The van der Waals surface area contributed by atoms with E-state index in [4.69, 9.17) is 0 Å². The van der Waals surface area contributed by atoms with Crippen LogP contribution in [0.4, 0.5) is 0 Å². The van der Waals surface area contributed by atoms with Crippen LogP contribution in [-0.4, -0.2) is 35.8 Å². The van der Waals surface area contributed by atoms with E-state index >= 15 is 0 Å². The minimum absolute atomic E-state index is 0.0530. The monoisotopic (exact) mass is 316 g/mol. The lowest BCUT2D eigenvalue weighted by molar-refractivity contribution is -0.127. The molecule has 92 valence electrons. The molecule has 1 aliphatic heterocycles. The number of piperazine rings is 1. The number of nitrogens with zero attached hydrogens (tertiary/aromatic N) is 1. The fraction of sp³-hybridized carbons (Fsp3) is 0.455. The van der Waals surface area contributed by atoms with Crippen LogP contribution >= 0.6 is 27.3 Å². The van der Waals surface area contributed by atoms with Crippen LogP contribution in [0, 0.1) is 0 Å². The quantitative estimate of drug-likeness (QED) is 0.905. The molecule has 0 spiro atoms. The van der Waals surface area contributed by atoms with Gasteiger partial charge in [-0.15, -0.1) is 11.3 Å². The van der Waals surface area contributed by atoms with Gasteiger partial charge < -0.3 is 10.2 Å². The summed E-state index contributed by atoms with van der Waals surface area (Å²) in [6, 6.07) is 3.30. The third kappa shape index (κ3) is 2.52. The molecule has 0 aromatic carbocycles. The number of thiophene rings is 1. The summed E-state index contributed by atoms with van der Waals surface area (Å²) < 4.78 is 0.926. The lowest BCUT2D eigenvalue weighted by Crippen LogP contribution is -2.56. The number of carbonyl (C=O) groups excluding carboxylic acids is 2. The first-order valence-corrected chi connectivity index (χ1v) is 7.08. The van der Waals surface area contributed by atoms with E-state index in [-0.39, 0.29) is 17.9 Å². The van der Waals surface area contributed by atoms with E-state index in [1.807, 2.05) is 13.0 Å². The zero-order valence-corrected chi connectivity index (χ0v) is 11.8. The van der Waals surface area contributed by atoms with Crippen molar-refractivity contribution in [1.82, 2.24) is 10.2 Å². The topological polar surface area (TPSA) is 49.4 Å². The van der Waals surface area contributed by atoms with E-state index in [0.717, 1.165) is 3.79 Å². The molecule has 2 rings (SSSR count). The second kappa shape index (κ2) is 5.18. The highest BCUT2D eigenvalue weighted by molar-refractivity contribution is 9.11. The Balaban J connectivity index is 2.20. The van der Waals surface area contributed by atoms with Gasteiger partial charge in [0.2, 0.25) is 5.91 Å². The first-order chi connectivity index (χ1) is 8.13. The molecule has 1 aromatic heterocycles. The minimum atomic E-state index is -0.336. The van der Waals surface area contributed by atoms with Gasteiger partial charge >= 0.3 is 0 Å². The fourth-order valence-corrected chi connectivity index (χ4v) is 3.28. The Morgan fingerprint density at radius 2 is 2.41 bits per heavy atom. The van der Waals surface area contributed by atoms with Crippen LogP contribution in [0.15, 0.2) is 15.9 Å². The molecule has 1 atom stereocenters. The van der Waals surface area contributed by atoms with E-state index < -0.39 is 0 Å². The van der Waals surface area contributed by atoms with E-state index in [0.29, 0.717) is 24.4 Å². The minimum Gasteiger partial charge on any atom is -0.353 e. The molecule has 17 heavy (non-hydrogen) atoms. The number of hydrogen-bond donors (Lipinski definition) is 1. The maximum Gasteiger partial charge on any atom is 0.264 e. The molecule has 1 aliphatic rings. The molecule has 1 aromatic rings. The van der Waals surface area contributed by atoms with Gasteiger partial charge in [0.15, 0.2) is 0 Å². The van der Waals surface area contributed by atoms with Gasteiger partial charge in [0, 0.05) is 13.1 Å². The predicted octanol–water partition coefficient (Wildman–Crippen LogP) is 1.86. The lowest BCUT2D eigenvalue weighted by atomic mass is 10.1.